The Morgan fingerprint density at radius 3 is 2.58 bits per heavy atom. The van der Waals surface area contributed by atoms with Crippen LogP contribution in [0.2, 0.25) is 0 Å². The van der Waals surface area contributed by atoms with E-state index in [0.717, 1.165) is 11.8 Å². The second-order valence-electron chi connectivity index (χ2n) is 3.70. The van der Waals surface area contributed by atoms with Crippen LogP contribution in [0.1, 0.15) is 33.1 Å². The Bertz CT molecular complexity index is 151. The van der Waals surface area contributed by atoms with E-state index in [9.17, 15) is 0 Å². The van der Waals surface area contributed by atoms with E-state index in [4.69, 9.17) is 0 Å². The summed E-state index contributed by atoms with van der Waals surface area (Å²) >= 11 is 0. The minimum Gasteiger partial charge on any atom is -0.316 e. The summed E-state index contributed by atoms with van der Waals surface area (Å²) in [7, 11) is 2.08. The molecule has 0 spiro atoms. The van der Waals surface area contributed by atoms with Gasteiger partial charge in [-0.3, -0.25) is 0 Å². The summed E-state index contributed by atoms with van der Waals surface area (Å²) in [5, 5.41) is 3.42. The molecule has 3 unspecified atom stereocenters. The molecule has 0 saturated carbocycles. The van der Waals surface area contributed by atoms with Crippen molar-refractivity contribution in [3.8, 4) is 0 Å². The van der Waals surface area contributed by atoms with Gasteiger partial charge in [-0.1, -0.05) is 32.4 Å². The topological polar surface area (TPSA) is 12.0 Å². The molecule has 0 aromatic carbocycles. The molecule has 1 aliphatic carbocycles. The fraction of sp³-hybridized carbons (Fsp3) is 0.818. The Morgan fingerprint density at radius 1 is 1.33 bits per heavy atom. The van der Waals surface area contributed by atoms with Gasteiger partial charge in [-0.2, -0.15) is 0 Å². The van der Waals surface area contributed by atoms with Crippen LogP contribution in [-0.4, -0.2) is 13.1 Å². The van der Waals surface area contributed by atoms with Crippen LogP contribution in [0.3, 0.4) is 0 Å². The van der Waals surface area contributed by atoms with Crippen molar-refractivity contribution >= 4 is 0 Å². The van der Waals surface area contributed by atoms with Gasteiger partial charge in [0.25, 0.3) is 0 Å². The fourth-order valence-electron chi connectivity index (χ4n) is 2.37. The van der Waals surface area contributed by atoms with E-state index < -0.39 is 0 Å². The first-order valence-corrected chi connectivity index (χ1v) is 5.17. The average molecular weight is 167 g/mol. The predicted octanol–water partition coefficient (Wildman–Crippen LogP) is 2.59. The monoisotopic (exact) mass is 167 g/mol. The normalized spacial score (nSPS) is 35.4. The summed E-state index contributed by atoms with van der Waals surface area (Å²) in [4.78, 5) is 0. The molecular formula is C11H21N. The third kappa shape index (κ3) is 1.89. The standard InChI is InChI=1S/C11H21N/c1-4-9-7-6-8-11(12-3)10(9)5-2/h6-7,9-12H,4-5,8H2,1-3H3. The number of hydrogen-bond acceptors (Lipinski definition) is 1. The van der Waals surface area contributed by atoms with Crippen molar-refractivity contribution in [1.82, 2.24) is 5.32 Å². The Balaban J connectivity index is 2.63. The van der Waals surface area contributed by atoms with Crippen LogP contribution >= 0.6 is 0 Å². The van der Waals surface area contributed by atoms with Crippen LogP contribution in [-0.2, 0) is 0 Å². The van der Waals surface area contributed by atoms with Gasteiger partial charge in [0.15, 0.2) is 0 Å². The minimum absolute atomic E-state index is 0.713. The SMILES string of the molecule is CCC1C=CCC(NC)C1CC. The maximum Gasteiger partial charge on any atom is 0.0132 e. The maximum atomic E-state index is 3.42. The smallest absolute Gasteiger partial charge is 0.0132 e. The minimum atomic E-state index is 0.713. The molecular weight excluding hydrogens is 146 g/mol. The van der Waals surface area contributed by atoms with Crippen LogP contribution in [0.5, 0.6) is 0 Å². The first kappa shape index (κ1) is 9.79. The van der Waals surface area contributed by atoms with E-state index in [2.05, 4.69) is 38.4 Å². The zero-order valence-corrected chi connectivity index (χ0v) is 8.51. The zero-order chi connectivity index (χ0) is 8.97. The third-order valence-corrected chi connectivity index (χ3v) is 3.15. The third-order valence-electron chi connectivity index (χ3n) is 3.15. The Kier molecular flexibility index (Phi) is 3.80. The van der Waals surface area contributed by atoms with Gasteiger partial charge in [-0.05, 0) is 31.7 Å². The Hall–Kier alpha value is -0.300. The molecule has 0 aromatic rings. The molecule has 0 bridgehead atoms. The molecule has 1 N–H and O–H groups in total. The first-order chi connectivity index (χ1) is 5.83. The molecule has 1 nitrogen and oxygen atoms in total. The van der Waals surface area contributed by atoms with E-state index in [1.54, 1.807) is 0 Å². The average Bonchev–Trinajstić information content (AvgIpc) is 2.16. The maximum absolute atomic E-state index is 3.42. The van der Waals surface area contributed by atoms with Crippen molar-refractivity contribution in [3.63, 3.8) is 0 Å². The Labute approximate surface area is 76.2 Å². The molecule has 12 heavy (non-hydrogen) atoms. The highest BCUT2D eigenvalue weighted by Gasteiger charge is 2.26. The molecule has 0 radical (unpaired) electrons. The van der Waals surface area contributed by atoms with E-state index in [1.165, 1.54) is 19.3 Å². The largest absolute Gasteiger partial charge is 0.316 e. The molecule has 0 aliphatic heterocycles. The predicted molar refractivity (Wildman–Crippen MR) is 54.2 cm³/mol. The van der Waals surface area contributed by atoms with Crippen molar-refractivity contribution in [2.75, 3.05) is 7.05 Å². The van der Waals surface area contributed by atoms with E-state index in [1.807, 2.05) is 0 Å². The zero-order valence-electron chi connectivity index (χ0n) is 8.51. The lowest BCUT2D eigenvalue weighted by Crippen LogP contribution is -2.38. The van der Waals surface area contributed by atoms with E-state index in [-0.39, 0.29) is 0 Å². The number of hydrogen-bond donors (Lipinski definition) is 1. The summed E-state index contributed by atoms with van der Waals surface area (Å²) in [6.45, 7) is 4.59. The van der Waals surface area contributed by atoms with Gasteiger partial charge in [0.1, 0.15) is 0 Å². The molecule has 1 rings (SSSR count). The van der Waals surface area contributed by atoms with E-state index in [0.29, 0.717) is 6.04 Å². The summed E-state index contributed by atoms with van der Waals surface area (Å²) in [6, 6.07) is 0.713. The number of rotatable bonds is 3. The molecule has 3 atom stereocenters. The molecule has 1 aliphatic rings. The highest BCUT2D eigenvalue weighted by Crippen LogP contribution is 2.29. The summed E-state index contributed by atoms with van der Waals surface area (Å²) in [6.07, 6.45) is 8.54. The fourth-order valence-corrected chi connectivity index (χ4v) is 2.37. The van der Waals surface area contributed by atoms with Crippen molar-refractivity contribution in [2.45, 2.75) is 39.2 Å². The van der Waals surface area contributed by atoms with Crippen LogP contribution in [0.25, 0.3) is 0 Å². The molecule has 0 saturated heterocycles. The lowest BCUT2D eigenvalue weighted by Gasteiger charge is -2.33. The van der Waals surface area contributed by atoms with Crippen LogP contribution in [0.15, 0.2) is 12.2 Å². The van der Waals surface area contributed by atoms with E-state index >= 15 is 0 Å². The summed E-state index contributed by atoms with van der Waals surface area (Å²) in [5.41, 5.74) is 0. The molecule has 70 valence electrons. The van der Waals surface area contributed by atoms with Gasteiger partial charge in [0.2, 0.25) is 0 Å². The van der Waals surface area contributed by atoms with Gasteiger partial charge in [-0.25, -0.2) is 0 Å². The number of allylic oxidation sites excluding steroid dienone is 1. The summed E-state index contributed by atoms with van der Waals surface area (Å²) < 4.78 is 0. The van der Waals surface area contributed by atoms with Gasteiger partial charge in [0, 0.05) is 6.04 Å². The lowest BCUT2D eigenvalue weighted by molar-refractivity contribution is 0.267. The quantitative estimate of drug-likeness (QED) is 0.637. The van der Waals surface area contributed by atoms with Gasteiger partial charge in [0.05, 0.1) is 0 Å². The van der Waals surface area contributed by atoms with Crippen LogP contribution in [0, 0.1) is 11.8 Å². The first-order valence-electron chi connectivity index (χ1n) is 5.17. The van der Waals surface area contributed by atoms with Gasteiger partial charge < -0.3 is 5.32 Å². The number of nitrogens with one attached hydrogen (secondary N) is 1. The highest BCUT2D eigenvalue weighted by atomic mass is 14.9. The van der Waals surface area contributed by atoms with Crippen molar-refractivity contribution in [3.05, 3.63) is 12.2 Å². The molecule has 0 heterocycles. The lowest BCUT2D eigenvalue weighted by atomic mass is 9.77. The second kappa shape index (κ2) is 4.66. The molecule has 0 aromatic heterocycles. The van der Waals surface area contributed by atoms with Gasteiger partial charge >= 0.3 is 0 Å². The van der Waals surface area contributed by atoms with Crippen LogP contribution in [0.4, 0.5) is 0 Å². The van der Waals surface area contributed by atoms with Crippen molar-refractivity contribution in [2.24, 2.45) is 11.8 Å². The second-order valence-corrected chi connectivity index (χ2v) is 3.70. The Morgan fingerprint density at radius 2 is 2.08 bits per heavy atom. The molecule has 0 amide bonds. The van der Waals surface area contributed by atoms with Gasteiger partial charge in [-0.15, -0.1) is 0 Å². The molecule has 1 heteroatoms. The van der Waals surface area contributed by atoms with Crippen molar-refractivity contribution < 1.29 is 0 Å². The van der Waals surface area contributed by atoms with Crippen molar-refractivity contribution in [1.29, 1.82) is 0 Å². The summed E-state index contributed by atoms with van der Waals surface area (Å²) in [5.74, 6) is 1.66. The molecule has 0 fully saturated rings. The highest BCUT2D eigenvalue weighted by molar-refractivity contribution is 5.02. The van der Waals surface area contributed by atoms with Crippen LogP contribution < -0.4 is 5.32 Å².